The second kappa shape index (κ2) is 3.34. The first-order valence-electron chi connectivity index (χ1n) is 6.51. The van der Waals surface area contributed by atoms with Crippen LogP contribution in [-0.2, 0) is 14.3 Å². The summed E-state index contributed by atoms with van der Waals surface area (Å²) in [4.78, 5) is 25.0. The van der Waals surface area contributed by atoms with E-state index >= 15 is 0 Å². The van der Waals surface area contributed by atoms with Crippen molar-refractivity contribution in [3.63, 3.8) is 0 Å². The van der Waals surface area contributed by atoms with Gasteiger partial charge in [0.25, 0.3) is 0 Å². The van der Waals surface area contributed by atoms with Crippen molar-refractivity contribution in [2.24, 2.45) is 22.7 Å². The fraction of sp³-hybridized carbons (Fsp3) is 0.600. The van der Waals surface area contributed by atoms with Crippen LogP contribution in [0.2, 0.25) is 0 Å². The van der Waals surface area contributed by atoms with E-state index in [4.69, 9.17) is 4.74 Å². The SMILES string of the molecule is C=C1COC(=O)[C@]12C[C@H]1CC=C[C@H](C)[C@@]1(C)C2=O. The lowest BCUT2D eigenvalue weighted by atomic mass is 9.65. The zero-order valence-electron chi connectivity index (χ0n) is 10.9. The minimum Gasteiger partial charge on any atom is -0.460 e. The molecule has 0 unspecified atom stereocenters. The molecule has 0 bridgehead atoms. The number of ketones is 1. The lowest BCUT2D eigenvalue weighted by Crippen LogP contribution is -2.42. The number of fused-ring (bicyclic) bond motifs is 1. The molecule has 4 atom stereocenters. The molecule has 3 nitrogen and oxygen atoms in total. The van der Waals surface area contributed by atoms with E-state index in [9.17, 15) is 9.59 Å². The summed E-state index contributed by atoms with van der Waals surface area (Å²) in [7, 11) is 0. The van der Waals surface area contributed by atoms with Crippen LogP contribution in [0.25, 0.3) is 0 Å². The van der Waals surface area contributed by atoms with E-state index in [0.29, 0.717) is 12.0 Å². The minimum absolute atomic E-state index is 0.0318. The largest absolute Gasteiger partial charge is 0.460 e. The third-order valence-corrected chi connectivity index (χ3v) is 5.40. The van der Waals surface area contributed by atoms with Gasteiger partial charge >= 0.3 is 5.97 Å². The third kappa shape index (κ3) is 1.06. The topological polar surface area (TPSA) is 43.4 Å². The van der Waals surface area contributed by atoms with Crippen LogP contribution in [0, 0.1) is 22.7 Å². The van der Waals surface area contributed by atoms with Crippen LogP contribution >= 0.6 is 0 Å². The summed E-state index contributed by atoms with van der Waals surface area (Å²) in [5.74, 6) is 0.0569. The summed E-state index contributed by atoms with van der Waals surface area (Å²) in [5, 5.41) is 0. The Hall–Kier alpha value is -1.38. The molecule has 0 aromatic rings. The lowest BCUT2D eigenvalue weighted by Gasteiger charge is -2.37. The second-order valence-electron chi connectivity index (χ2n) is 6.05. The van der Waals surface area contributed by atoms with Gasteiger partial charge in [-0.05, 0) is 30.3 Å². The number of carbonyl (C=O) groups excluding carboxylic acids is 2. The molecular weight excluding hydrogens is 228 g/mol. The minimum atomic E-state index is -1.04. The average molecular weight is 246 g/mol. The molecule has 0 aromatic carbocycles. The number of hydrogen-bond donors (Lipinski definition) is 0. The maximum atomic E-state index is 12.9. The molecule has 0 radical (unpaired) electrons. The van der Waals surface area contributed by atoms with Crippen molar-refractivity contribution < 1.29 is 14.3 Å². The highest BCUT2D eigenvalue weighted by Crippen LogP contribution is 2.61. The monoisotopic (exact) mass is 246 g/mol. The summed E-state index contributed by atoms with van der Waals surface area (Å²) >= 11 is 0. The molecule has 0 N–H and O–H groups in total. The Morgan fingerprint density at radius 2 is 2.17 bits per heavy atom. The van der Waals surface area contributed by atoms with E-state index in [0.717, 1.165) is 6.42 Å². The molecule has 1 saturated carbocycles. The van der Waals surface area contributed by atoms with Crippen molar-refractivity contribution in [2.75, 3.05) is 6.61 Å². The van der Waals surface area contributed by atoms with Crippen LogP contribution in [0.1, 0.15) is 26.7 Å². The quantitative estimate of drug-likeness (QED) is 0.374. The Labute approximate surface area is 107 Å². The molecule has 3 heteroatoms. The van der Waals surface area contributed by atoms with Crippen LogP contribution in [0.4, 0.5) is 0 Å². The van der Waals surface area contributed by atoms with Gasteiger partial charge in [0.1, 0.15) is 6.61 Å². The van der Waals surface area contributed by atoms with E-state index < -0.39 is 10.8 Å². The molecule has 3 rings (SSSR count). The molecule has 2 aliphatic carbocycles. The molecule has 18 heavy (non-hydrogen) atoms. The molecule has 0 aromatic heterocycles. The predicted molar refractivity (Wildman–Crippen MR) is 66.7 cm³/mol. The van der Waals surface area contributed by atoms with Gasteiger partial charge in [0.2, 0.25) is 0 Å². The molecule has 1 saturated heterocycles. The van der Waals surface area contributed by atoms with Crippen LogP contribution in [0.3, 0.4) is 0 Å². The lowest BCUT2D eigenvalue weighted by molar-refractivity contribution is -0.151. The van der Waals surface area contributed by atoms with Crippen molar-refractivity contribution in [1.29, 1.82) is 0 Å². The van der Waals surface area contributed by atoms with Gasteiger partial charge in [-0.1, -0.05) is 32.6 Å². The van der Waals surface area contributed by atoms with Crippen LogP contribution < -0.4 is 0 Å². The molecule has 1 heterocycles. The number of carbonyl (C=O) groups is 2. The van der Waals surface area contributed by atoms with Crippen molar-refractivity contribution in [2.45, 2.75) is 26.7 Å². The molecular formula is C15H18O3. The summed E-state index contributed by atoms with van der Waals surface area (Å²) < 4.78 is 5.08. The molecule has 1 spiro atoms. The van der Waals surface area contributed by atoms with Crippen LogP contribution in [0.5, 0.6) is 0 Å². The van der Waals surface area contributed by atoms with Crippen LogP contribution in [-0.4, -0.2) is 18.4 Å². The highest BCUT2D eigenvalue weighted by atomic mass is 16.5. The Morgan fingerprint density at radius 1 is 1.44 bits per heavy atom. The van der Waals surface area contributed by atoms with Crippen LogP contribution in [0.15, 0.2) is 24.3 Å². The van der Waals surface area contributed by atoms with E-state index in [1.165, 1.54) is 0 Å². The van der Waals surface area contributed by atoms with Gasteiger partial charge in [-0.15, -0.1) is 0 Å². The Morgan fingerprint density at radius 3 is 2.72 bits per heavy atom. The molecule has 0 amide bonds. The first-order chi connectivity index (χ1) is 8.44. The Kier molecular flexibility index (Phi) is 2.17. The highest BCUT2D eigenvalue weighted by Gasteiger charge is 2.68. The normalized spacial score (nSPS) is 46.7. The van der Waals surface area contributed by atoms with Gasteiger partial charge in [-0.2, -0.15) is 0 Å². The number of cyclic esters (lactones) is 1. The summed E-state index contributed by atoms with van der Waals surface area (Å²) in [6.45, 7) is 8.18. The summed E-state index contributed by atoms with van der Waals surface area (Å²) in [6, 6.07) is 0. The maximum Gasteiger partial charge on any atom is 0.324 e. The Balaban J connectivity index is 2.13. The molecule has 96 valence electrons. The van der Waals surface area contributed by atoms with E-state index in [1.807, 2.05) is 6.92 Å². The number of hydrogen-bond acceptors (Lipinski definition) is 3. The van der Waals surface area contributed by atoms with Gasteiger partial charge in [0.15, 0.2) is 11.2 Å². The summed E-state index contributed by atoms with van der Waals surface area (Å²) in [5.41, 5.74) is -0.832. The Bertz CT molecular complexity index is 472. The maximum absolute atomic E-state index is 12.9. The van der Waals surface area contributed by atoms with E-state index in [-0.39, 0.29) is 30.2 Å². The summed E-state index contributed by atoms with van der Waals surface area (Å²) in [6.07, 6.45) is 5.67. The molecule has 2 fully saturated rings. The van der Waals surface area contributed by atoms with Gasteiger partial charge in [0, 0.05) is 5.41 Å². The number of esters is 1. The number of Topliss-reactive ketones (excluding diaryl/α,β-unsaturated/α-hetero) is 1. The third-order valence-electron chi connectivity index (χ3n) is 5.40. The number of allylic oxidation sites excluding steroid dienone is 2. The molecule has 1 aliphatic heterocycles. The van der Waals surface area contributed by atoms with Crippen molar-refractivity contribution in [3.05, 3.63) is 24.3 Å². The highest BCUT2D eigenvalue weighted by molar-refractivity contribution is 6.12. The fourth-order valence-corrected chi connectivity index (χ4v) is 3.90. The zero-order chi connectivity index (χ0) is 13.1. The first-order valence-corrected chi connectivity index (χ1v) is 6.51. The van der Waals surface area contributed by atoms with E-state index in [2.05, 4.69) is 25.7 Å². The van der Waals surface area contributed by atoms with Gasteiger partial charge < -0.3 is 4.74 Å². The predicted octanol–water partition coefficient (Wildman–Crippen LogP) is 2.28. The van der Waals surface area contributed by atoms with E-state index in [1.54, 1.807) is 0 Å². The van der Waals surface area contributed by atoms with Crippen molar-refractivity contribution in [3.8, 4) is 0 Å². The number of rotatable bonds is 0. The number of ether oxygens (including phenoxy) is 1. The zero-order valence-corrected chi connectivity index (χ0v) is 10.9. The first kappa shape index (κ1) is 11.7. The fourth-order valence-electron chi connectivity index (χ4n) is 3.90. The molecule has 3 aliphatic rings. The standard InChI is InChI=1S/C15H18O3/c1-9-5-4-6-11-7-15(12(16)14(9,11)3)10(2)8-18-13(15)17/h4-5,9,11H,2,6-8H2,1,3H3/t9-,11+,14+,15+/m0/s1. The van der Waals surface area contributed by atoms with Gasteiger partial charge in [-0.3, -0.25) is 9.59 Å². The second-order valence-corrected chi connectivity index (χ2v) is 6.05. The van der Waals surface area contributed by atoms with Crippen molar-refractivity contribution in [1.82, 2.24) is 0 Å². The van der Waals surface area contributed by atoms with Gasteiger partial charge in [0.05, 0.1) is 0 Å². The van der Waals surface area contributed by atoms with Gasteiger partial charge in [-0.25, -0.2) is 0 Å². The van der Waals surface area contributed by atoms with Crippen molar-refractivity contribution >= 4 is 11.8 Å². The average Bonchev–Trinajstić information content (AvgIpc) is 2.75. The smallest absolute Gasteiger partial charge is 0.324 e.